The highest BCUT2D eigenvalue weighted by atomic mass is 32.2. The Morgan fingerprint density at radius 1 is 1.22 bits per heavy atom. The molecular formula is C14H22N4O3SSi. The molecule has 0 bridgehead atoms. The first-order valence-corrected chi connectivity index (χ1v) is 12.1. The number of aliphatic hydroxyl groups is 1. The van der Waals surface area contributed by atoms with Crippen LogP contribution in [0.15, 0.2) is 30.7 Å². The normalized spacial score (nSPS) is 14.2. The molecule has 0 aromatic carbocycles. The van der Waals surface area contributed by atoms with Crippen LogP contribution >= 0.6 is 0 Å². The maximum atomic E-state index is 12.8. The number of imidazole rings is 1. The first-order valence-electron chi connectivity index (χ1n) is 7.16. The maximum absolute atomic E-state index is 12.8. The Labute approximate surface area is 137 Å². The van der Waals surface area contributed by atoms with Crippen LogP contribution in [0.2, 0.25) is 19.6 Å². The third-order valence-electron chi connectivity index (χ3n) is 3.41. The summed E-state index contributed by atoms with van der Waals surface area (Å²) in [6.45, 7) is 6.04. The summed E-state index contributed by atoms with van der Waals surface area (Å²) < 4.78 is 27.8. The van der Waals surface area contributed by atoms with Gasteiger partial charge in [-0.3, -0.25) is 4.98 Å². The van der Waals surface area contributed by atoms with Gasteiger partial charge in [-0.2, -0.15) is 12.7 Å². The standard InChI is InChI=1S/C14H22N4O3SSi/c1-17(2)22(20,21)18-12(10-16-14(18)23(3,4)5)13(19)11-6-8-15-9-7-11/h6-10,13,19H,1-5H3. The molecule has 126 valence electrons. The van der Waals surface area contributed by atoms with Crippen molar-refractivity contribution in [1.29, 1.82) is 0 Å². The van der Waals surface area contributed by atoms with E-state index in [1.165, 1.54) is 24.3 Å². The van der Waals surface area contributed by atoms with Crippen molar-refractivity contribution in [2.75, 3.05) is 14.1 Å². The molecule has 0 amide bonds. The minimum Gasteiger partial charge on any atom is -0.382 e. The predicted molar refractivity (Wildman–Crippen MR) is 91.5 cm³/mol. The van der Waals surface area contributed by atoms with Gasteiger partial charge in [-0.05, 0) is 17.7 Å². The van der Waals surface area contributed by atoms with Gasteiger partial charge in [-0.25, -0.2) is 8.96 Å². The molecule has 2 aromatic rings. The molecular weight excluding hydrogens is 332 g/mol. The molecule has 1 unspecified atom stereocenters. The minimum atomic E-state index is -3.78. The fourth-order valence-electron chi connectivity index (χ4n) is 2.16. The lowest BCUT2D eigenvalue weighted by atomic mass is 10.1. The molecule has 0 saturated heterocycles. The van der Waals surface area contributed by atoms with Crippen molar-refractivity contribution in [2.45, 2.75) is 25.7 Å². The Bertz CT molecular complexity index is 782. The van der Waals surface area contributed by atoms with Gasteiger partial charge in [0.25, 0.3) is 0 Å². The van der Waals surface area contributed by atoms with Crippen LogP contribution in [0.1, 0.15) is 17.4 Å². The molecule has 7 nitrogen and oxygen atoms in total. The molecule has 23 heavy (non-hydrogen) atoms. The van der Waals surface area contributed by atoms with Crippen LogP contribution in [0.5, 0.6) is 0 Å². The number of pyridine rings is 1. The smallest absolute Gasteiger partial charge is 0.308 e. The van der Waals surface area contributed by atoms with Gasteiger partial charge in [-0.1, -0.05) is 19.6 Å². The molecule has 0 fully saturated rings. The Morgan fingerprint density at radius 2 is 1.78 bits per heavy atom. The van der Waals surface area contributed by atoms with Crippen molar-refractivity contribution >= 4 is 23.7 Å². The van der Waals surface area contributed by atoms with Crippen LogP contribution in [0.4, 0.5) is 0 Å². The van der Waals surface area contributed by atoms with E-state index < -0.39 is 24.4 Å². The third-order valence-corrected chi connectivity index (χ3v) is 7.04. The van der Waals surface area contributed by atoms with Crippen LogP contribution < -0.4 is 5.45 Å². The highest BCUT2D eigenvalue weighted by molar-refractivity contribution is 7.87. The minimum absolute atomic E-state index is 0.238. The lowest BCUT2D eigenvalue weighted by Crippen LogP contribution is -2.49. The van der Waals surface area contributed by atoms with E-state index >= 15 is 0 Å². The maximum Gasteiger partial charge on any atom is 0.308 e. The van der Waals surface area contributed by atoms with Crippen molar-refractivity contribution in [3.8, 4) is 0 Å². The quantitative estimate of drug-likeness (QED) is 0.793. The average Bonchev–Trinajstić information content (AvgIpc) is 2.92. The van der Waals surface area contributed by atoms with Crippen molar-refractivity contribution in [3.63, 3.8) is 0 Å². The second kappa shape index (κ2) is 6.15. The van der Waals surface area contributed by atoms with Gasteiger partial charge >= 0.3 is 10.2 Å². The van der Waals surface area contributed by atoms with E-state index in [1.54, 1.807) is 24.5 Å². The third kappa shape index (κ3) is 3.37. The highest BCUT2D eigenvalue weighted by Crippen LogP contribution is 2.23. The molecule has 1 atom stereocenters. The Hall–Kier alpha value is -1.55. The number of aliphatic hydroxyl groups excluding tert-OH is 1. The molecule has 0 aliphatic heterocycles. The van der Waals surface area contributed by atoms with Gasteiger partial charge in [0.05, 0.1) is 11.9 Å². The van der Waals surface area contributed by atoms with E-state index in [1.807, 2.05) is 19.6 Å². The van der Waals surface area contributed by atoms with Gasteiger partial charge < -0.3 is 5.11 Å². The molecule has 2 aromatic heterocycles. The van der Waals surface area contributed by atoms with Crippen LogP contribution in [-0.2, 0) is 10.2 Å². The van der Waals surface area contributed by atoms with E-state index in [4.69, 9.17) is 0 Å². The summed E-state index contributed by atoms with van der Waals surface area (Å²) in [6.07, 6.45) is 3.46. The molecule has 2 heterocycles. The molecule has 0 saturated carbocycles. The second-order valence-electron chi connectivity index (χ2n) is 6.49. The predicted octanol–water partition coefficient (Wildman–Crippen LogP) is 0.559. The molecule has 0 spiro atoms. The fourth-order valence-corrected chi connectivity index (χ4v) is 5.52. The summed E-state index contributed by atoms with van der Waals surface area (Å²) in [7, 11) is -2.89. The van der Waals surface area contributed by atoms with E-state index in [0.29, 0.717) is 11.0 Å². The molecule has 0 aliphatic carbocycles. The second-order valence-corrected chi connectivity index (χ2v) is 13.4. The monoisotopic (exact) mass is 354 g/mol. The van der Waals surface area contributed by atoms with E-state index in [9.17, 15) is 13.5 Å². The fraction of sp³-hybridized carbons (Fsp3) is 0.429. The number of aromatic nitrogens is 3. The van der Waals surface area contributed by atoms with Gasteiger partial charge in [0.2, 0.25) is 0 Å². The number of nitrogens with zero attached hydrogens (tertiary/aromatic N) is 4. The van der Waals surface area contributed by atoms with Crippen molar-refractivity contribution in [3.05, 3.63) is 42.0 Å². The van der Waals surface area contributed by atoms with Crippen molar-refractivity contribution in [1.82, 2.24) is 18.2 Å². The number of hydrogen-bond acceptors (Lipinski definition) is 5. The van der Waals surface area contributed by atoms with Gasteiger partial charge in [0, 0.05) is 26.5 Å². The SMILES string of the molecule is CN(C)S(=O)(=O)n1c(C(O)c2ccncc2)cnc1[Si](C)(C)C. The summed E-state index contributed by atoms with van der Waals surface area (Å²) in [5.74, 6) is 0. The molecule has 1 N–H and O–H groups in total. The van der Waals surface area contributed by atoms with Crippen molar-refractivity contribution < 1.29 is 13.5 Å². The highest BCUT2D eigenvalue weighted by Gasteiger charge is 2.34. The van der Waals surface area contributed by atoms with Crippen molar-refractivity contribution in [2.24, 2.45) is 0 Å². The van der Waals surface area contributed by atoms with Crippen LogP contribution in [0.3, 0.4) is 0 Å². The summed E-state index contributed by atoms with van der Waals surface area (Å²) in [5, 5.41) is 10.6. The zero-order valence-corrected chi connectivity index (χ0v) is 15.7. The Kier molecular flexibility index (Phi) is 4.76. The van der Waals surface area contributed by atoms with E-state index in [-0.39, 0.29) is 5.69 Å². The lowest BCUT2D eigenvalue weighted by molar-refractivity contribution is 0.214. The Morgan fingerprint density at radius 3 is 2.26 bits per heavy atom. The van der Waals surface area contributed by atoms with Gasteiger partial charge in [0.15, 0.2) is 0 Å². The summed E-state index contributed by atoms with van der Waals surface area (Å²) in [4.78, 5) is 8.24. The molecule has 9 heteroatoms. The Balaban J connectivity index is 2.69. The van der Waals surface area contributed by atoms with Crippen LogP contribution in [0.25, 0.3) is 0 Å². The van der Waals surface area contributed by atoms with E-state index in [0.717, 1.165) is 4.31 Å². The molecule has 0 radical (unpaired) electrons. The summed E-state index contributed by atoms with van der Waals surface area (Å²) in [5.41, 5.74) is 1.31. The van der Waals surface area contributed by atoms with Crippen LogP contribution in [0, 0.1) is 0 Å². The summed E-state index contributed by atoms with van der Waals surface area (Å²) >= 11 is 0. The first kappa shape index (κ1) is 17.8. The van der Waals surface area contributed by atoms with Gasteiger partial charge in [0.1, 0.15) is 19.6 Å². The van der Waals surface area contributed by atoms with Gasteiger partial charge in [-0.15, -0.1) is 0 Å². The first-order chi connectivity index (χ1) is 10.6. The molecule has 2 rings (SSSR count). The van der Waals surface area contributed by atoms with Crippen LogP contribution in [-0.4, -0.2) is 53.9 Å². The number of rotatable bonds is 5. The number of hydrogen-bond donors (Lipinski definition) is 1. The molecule has 0 aliphatic rings. The lowest BCUT2D eigenvalue weighted by Gasteiger charge is -2.23. The topological polar surface area (TPSA) is 88.3 Å². The summed E-state index contributed by atoms with van der Waals surface area (Å²) in [6, 6.07) is 3.30. The average molecular weight is 355 g/mol. The largest absolute Gasteiger partial charge is 0.382 e. The zero-order valence-electron chi connectivity index (χ0n) is 13.9. The zero-order chi connectivity index (χ0) is 17.4. The van der Waals surface area contributed by atoms with E-state index in [2.05, 4.69) is 9.97 Å².